The number of ketones is 1. The Kier molecular flexibility index (Phi) is 4.79. The van der Waals surface area contributed by atoms with Crippen LogP contribution >= 0.6 is 0 Å². The lowest BCUT2D eigenvalue weighted by Crippen LogP contribution is -2.38. The average Bonchev–Trinajstić information content (AvgIpc) is 2.37. The molecule has 1 unspecified atom stereocenters. The summed E-state index contributed by atoms with van der Waals surface area (Å²) in [6.45, 7) is 2.90. The van der Waals surface area contributed by atoms with Gasteiger partial charge in [0.15, 0.2) is 5.78 Å². The van der Waals surface area contributed by atoms with Crippen molar-refractivity contribution in [3.8, 4) is 0 Å². The van der Waals surface area contributed by atoms with Crippen molar-refractivity contribution < 1.29 is 23.1 Å². The van der Waals surface area contributed by atoms with Crippen LogP contribution in [-0.4, -0.2) is 31.3 Å². The van der Waals surface area contributed by atoms with E-state index in [4.69, 9.17) is 5.11 Å². The molecule has 1 aromatic carbocycles. The highest BCUT2D eigenvalue weighted by Gasteiger charge is 2.22. The molecule has 0 aliphatic heterocycles. The number of sulfonamides is 1. The standard InChI is InChI=1S/C12H15NO5S/c1-3-11(14)9-5-4-6-10(7-9)19(17,18)13-8(2)12(15)16/h4-8,13H,3H2,1-2H3,(H,15,16). The molecule has 0 aliphatic carbocycles. The zero-order valence-electron chi connectivity index (χ0n) is 10.6. The fourth-order valence-corrected chi connectivity index (χ4v) is 2.63. The summed E-state index contributed by atoms with van der Waals surface area (Å²) in [5, 5.41) is 8.69. The summed E-state index contributed by atoms with van der Waals surface area (Å²) in [5.41, 5.74) is 0.286. The summed E-state index contributed by atoms with van der Waals surface area (Å²) in [6, 6.07) is 4.27. The summed E-state index contributed by atoms with van der Waals surface area (Å²) in [7, 11) is -3.95. The summed E-state index contributed by atoms with van der Waals surface area (Å²) in [5.74, 6) is -1.45. The lowest BCUT2D eigenvalue weighted by molar-refractivity contribution is -0.138. The Balaban J connectivity index is 3.08. The van der Waals surface area contributed by atoms with Crippen molar-refractivity contribution in [3.63, 3.8) is 0 Å². The fraction of sp³-hybridized carbons (Fsp3) is 0.333. The van der Waals surface area contributed by atoms with Crippen LogP contribution in [0.3, 0.4) is 0 Å². The largest absolute Gasteiger partial charge is 0.480 e. The summed E-state index contributed by atoms with van der Waals surface area (Å²) < 4.78 is 25.9. The second-order valence-electron chi connectivity index (χ2n) is 3.99. The van der Waals surface area contributed by atoms with Gasteiger partial charge in [-0.15, -0.1) is 0 Å². The number of hydrogen-bond acceptors (Lipinski definition) is 4. The highest BCUT2D eigenvalue weighted by atomic mass is 32.2. The predicted molar refractivity (Wildman–Crippen MR) is 68.5 cm³/mol. The Hall–Kier alpha value is -1.73. The fourth-order valence-electron chi connectivity index (χ4n) is 1.39. The van der Waals surface area contributed by atoms with Gasteiger partial charge in [-0.2, -0.15) is 4.72 Å². The number of carboxylic acids is 1. The van der Waals surface area contributed by atoms with Crippen LogP contribution in [0.1, 0.15) is 30.6 Å². The van der Waals surface area contributed by atoms with Gasteiger partial charge < -0.3 is 5.11 Å². The lowest BCUT2D eigenvalue weighted by atomic mass is 10.1. The third-order valence-corrected chi connectivity index (χ3v) is 4.03. The molecule has 0 spiro atoms. The molecule has 0 amide bonds. The van der Waals surface area contributed by atoms with Gasteiger partial charge in [0, 0.05) is 12.0 Å². The number of benzene rings is 1. The molecule has 1 aromatic rings. The third-order valence-electron chi connectivity index (χ3n) is 2.49. The van der Waals surface area contributed by atoms with Crippen molar-refractivity contribution >= 4 is 21.8 Å². The van der Waals surface area contributed by atoms with Crippen molar-refractivity contribution in [1.29, 1.82) is 0 Å². The van der Waals surface area contributed by atoms with Gasteiger partial charge in [0.25, 0.3) is 0 Å². The Bertz CT molecular complexity index is 594. The normalized spacial score (nSPS) is 12.9. The highest BCUT2D eigenvalue weighted by molar-refractivity contribution is 7.89. The van der Waals surface area contributed by atoms with Crippen molar-refractivity contribution in [1.82, 2.24) is 4.72 Å². The van der Waals surface area contributed by atoms with E-state index >= 15 is 0 Å². The zero-order valence-corrected chi connectivity index (χ0v) is 11.4. The van der Waals surface area contributed by atoms with Crippen molar-refractivity contribution in [3.05, 3.63) is 29.8 Å². The number of rotatable bonds is 6. The maximum absolute atomic E-state index is 11.9. The van der Waals surface area contributed by atoms with Gasteiger partial charge in [-0.05, 0) is 19.1 Å². The smallest absolute Gasteiger partial charge is 0.321 e. The van der Waals surface area contributed by atoms with E-state index in [1.165, 1.54) is 31.2 Å². The molecule has 6 nitrogen and oxygen atoms in total. The monoisotopic (exact) mass is 285 g/mol. The molecule has 1 atom stereocenters. The average molecular weight is 285 g/mol. The van der Waals surface area contributed by atoms with Crippen LogP contribution in [0.4, 0.5) is 0 Å². The van der Waals surface area contributed by atoms with E-state index in [0.717, 1.165) is 0 Å². The van der Waals surface area contributed by atoms with Crippen LogP contribution in [0.25, 0.3) is 0 Å². The van der Waals surface area contributed by atoms with E-state index in [2.05, 4.69) is 0 Å². The first-order chi connectivity index (χ1) is 8.77. The van der Waals surface area contributed by atoms with Gasteiger partial charge in [-0.1, -0.05) is 19.1 Å². The lowest BCUT2D eigenvalue weighted by Gasteiger charge is -2.10. The van der Waals surface area contributed by atoms with Crippen molar-refractivity contribution in [2.45, 2.75) is 31.2 Å². The van der Waals surface area contributed by atoms with Gasteiger partial charge in [-0.25, -0.2) is 8.42 Å². The summed E-state index contributed by atoms with van der Waals surface area (Å²) >= 11 is 0. The van der Waals surface area contributed by atoms with E-state index in [-0.39, 0.29) is 22.7 Å². The molecular formula is C12H15NO5S. The minimum absolute atomic E-state index is 0.125. The van der Waals surface area contributed by atoms with Crippen LogP contribution in [0, 0.1) is 0 Å². The summed E-state index contributed by atoms with van der Waals surface area (Å²) in [6.07, 6.45) is 0.266. The van der Waals surface area contributed by atoms with Crippen LogP contribution in [0.15, 0.2) is 29.2 Å². The quantitative estimate of drug-likeness (QED) is 0.760. The van der Waals surface area contributed by atoms with Gasteiger partial charge in [-0.3, -0.25) is 9.59 Å². The van der Waals surface area contributed by atoms with Crippen LogP contribution in [-0.2, 0) is 14.8 Å². The third kappa shape index (κ3) is 3.87. The number of aliphatic carboxylic acids is 1. The molecule has 0 saturated carbocycles. The maximum Gasteiger partial charge on any atom is 0.321 e. The SMILES string of the molecule is CCC(=O)c1cccc(S(=O)(=O)NC(C)C(=O)O)c1. The minimum atomic E-state index is -3.95. The first kappa shape index (κ1) is 15.3. The molecule has 0 aromatic heterocycles. The van der Waals surface area contributed by atoms with Crippen LogP contribution in [0.2, 0.25) is 0 Å². The second kappa shape index (κ2) is 5.94. The number of nitrogens with one attached hydrogen (secondary N) is 1. The second-order valence-corrected chi connectivity index (χ2v) is 5.70. The van der Waals surface area contributed by atoms with E-state index in [1.54, 1.807) is 6.92 Å². The van der Waals surface area contributed by atoms with Gasteiger partial charge in [0.2, 0.25) is 10.0 Å². The first-order valence-corrected chi connectivity index (χ1v) is 7.14. The van der Waals surface area contributed by atoms with E-state index < -0.39 is 22.0 Å². The molecular weight excluding hydrogens is 270 g/mol. The molecule has 0 saturated heterocycles. The number of carboxylic acid groups (broad SMARTS) is 1. The van der Waals surface area contributed by atoms with Gasteiger partial charge in [0.05, 0.1) is 4.90 Å². The van der Waals surface area contributed by atoms with Crippen LogP contribution < -0.4 is 4.72 Å². The Morgan fingerprint density at radius 3 is 2.53 bits per heavy atom. The Morgan fingerprint density at radius 2 is 2.00 bits per heavy atom. The highest BCUT2D eigenvalue weighted by Crippen LogP contribution is 2.13. The minimum Gasteiger partial charge on any atom is -0.480 e. The topological polar surface area (TPSA) is 101 Å². The number of Topliss-reactive ketones (excluding diaryl/α,β-unsaturated/α-hetero) is 1. The van der Waals surface area contributed by atoms with E-state index in [9.17, 15) is 18.0 Å². The molecule has 7 heteroatoms. The molecule has 0 radical (unpaired) electrons. The molecule has 0 bridgehead atoms. The molecule has 19 heavy (non-hydrogen) atoms. The Morgan fingerprint density at radius 1 is 1.37 bits per heavy atom. The first-order valence-electron chi connectivity index (χ1n) is 5.66. The van der Waals surface area contributed by atoms with Crippen molar-refractivity contribution in [2.75, 3.05) is 0 Å². The van der Waals surface area contributed by atoms with Gasteiger partial charge in [0.1, 0.15) is 6.04 Å². The number of hydrogen-bond donors (Lipinski definition) is 2. The zero-order chi connectivity index (χ0) is 14.6. The van der Waals surface area contributed by atoms with E-state index in [0.29, 0.717) is 0 Å². The van der Waals surface area contributed by atoms with Crippen molar-refractivity contribution in [2.24, 2.45) is 0 Å². The Labute approximate surface area is 111 Å². The number of carbonyl (C=O) groups is 2. The molecule has 0 fully saturated rings. The molecule has 1 rings (SSSR count). The van der Waals surface area contributed by atoms with Gasteiger partial charge >= 0.3 is 5.97 Å². The molecule has 2 N–H and O–H groups in total. The van der Waals surface area contributed by atoms with E-state index in [1.807, 2.05) is 4.72 Å². The number of carbonyl (C=O) groups excluding carboxylic acids is 1. The molecule has 0 heterocycles. The summed E-state index contributed by atoms with van der Waals surface area (Å²) in [4.78, 5) is 22.0. The predicted octanol–water partition coefficient (Wildman–Crippen LogP) is 1.03. The molecule has 104 valence electrons. The molecule has 0 aliphatic rings. The van der Waals surface area contributed by atoms with Crippen LogP contribution in [0.5, 0.6) is 0 Å². The maximum atomic E-state index is 11.9.